The summed E-state index contributed by atoms with van der Waals surface area (Å²) in [7, 11) is 0. The maximum absolute atomic E-state index is 5.66. The number of nitrogens with two attached hydrogens (primary N) is 1. The van der Waals surface area contributed by atoms with Gasteiger partial charge in [0.2, 0.25) is 0 Å². The van der Waals surface area contributed by atoms with Crippen LogP contribution in [0.2, 0.25) is 0 Å². The van der Waals surface area contributed by atoms with Gasteiger partial charge in [-0.2, -0.15) is 15.3 Å². The third-order valence-corrected chi connectivity index (χ3v) is 4.09. The first kappa shape index (κ1) is 14.1. The first-order valence-electron chi connectivity index (χ1n) is 6.11. The number of nitrogens with one attached hydrogen (secondary N) is 1. The third kappa shape index (κ3) is 2.99. The van der Waals surface area contributed by atoms with E-state index in [1.54, 1.807) is 12.4 Å². The number of aromatic nitrogens is 4. The first-order valence-corrected chi connectivity index (χ1v) is 6.91. The summed E-state index contributed by atoms with van der Waals surface area (Å²) >= 11 is 3.59. The van der Waals surface area contributed by atoms with Crippen molar-refractivity contribution >= 4 is 15.9 Å². The van der Waals surface area contributed by atoms with Crippen LogP contribution in [0.5, 0.6) is 0 Å². The summed E-state index contributed by atoms with van der Waals surface area (Å²) < 4.78 is 3.02. The molecular formula is C12H17BrN6. The van der Waals surface area contributed by atoms with Gasteiger partial charge in [0, 0.05) is 19.2 Å². The van der Waals surface area contributed by atoms with Crippen molar-refractivity contribution in [1.29, 1.82) is 0 Å². The first-order chi connectivity index (χ1) is 9.17. The topological polar surface area (TPSA) is 81.7 Å². The van der Waals surface area contributed by atoms with E-state index in [9.17, 15) is 0 Å². The van der Waals surface area contributed by atoms with Crippen LogP contribution in [0.3, 0.4) is 0 Å². The summed E-state index contributed by atoms with van der Waals surface area (Å²) in [6.07, 6.45) is 4.12. The predicted octanol–water partition coefficient (Wildman–Crippen LogP) is 1.51. The second-order valence-electron chi connectivity index (χ2n) is 4.26. The van der Waals surface area contributed by atoms with E-state index in [4.69, 9.17) is 5.84 Å². The molecule has 0 fully saturated rings. The molecule has 7 heteroatoms. The van der Waals surface area contributed by atoms with Crippen LogP contribution in [0.4, 0.5) is 0 Å². The van der Waals surface area contributed by atoms with Crippen LogP contribution < -0.4 is 11.3 Å². The molecule has 0 aliphatic rings. The van der Waals surface area contributed by atoms with Crippen molar-refractivity contribution in [3.63, 3.8) is 0 Å². The zero-order valence-corrected chi connectivity index (χ0v) is 12.6. The van der Waals surface area contributed by atoms with Crippen LogP contribution >= 0.6 is 15.9 Å². The average Bonchev–Trinajstić information content (AvgIpc) is 2.72. The molecule has 0 bridgehead atoms. The molecule has 1 unspecified atom stereocenters. The van der Waals surface area contributed by atoms with Gasteiger partial charge in [-0.3, -0.25) is 16.0 Å². The summed E-state index contributed by atoms with van der Waals surface area (Å²) in [6.45, 7) is 4.88. The van der Waals surface area contributed by atoms with Crippen LogP contribution in [0.15, 0.2) is 22.9 Å². The van der Waals surface area contributed by atoms with Gasteiger partial charge in [-0.05, 0) is 41.4 Å². The molecule has 0 aliphatic carbocycles. The smallest absolute Gasteiger partial charge is 0.0738 e. The van der Waals surface area contributed by atoms with E-state index in [0.717, 1.165) is 34.4 Å². The van der Waals surface area contributed by atoms with Crippen molar-refractivity contribution in [2.45, 2.75) is 32.9 Å². The number of hydrazine groups is 1. The zero-order chi connectivity index (χ0) is 13.8. The highest BCUT2D eigenvalue weighted by Crippen LogP contribution is 2.25. The van der Waals surface area contributed by atoms with E-state index in [0.29, 0.717) is 0 Å². The number of aryl methyl sites for hydroxylation is 2. The SMILES string of the molecule is CCn1nc(C)c(Br)c1CC(NN)c1ccnnc1. The number of hydrogen-bond donors (Lipinski definition) is 2. The molecule has 2 aromatic rings. The molecule has 0 radical (unpaired) electrons. The van der Waals surface area contributed by atoms with Crippen molar-refractivity contribution in [3.05, 3.63) is 39.9 Å². The van der Waals surface area contributed by atoms with Gasteiger partial charge in [-0.15, -0.1) is 0 Å². The van der Waals surface area contributed by atoms with Gasteiger partial charge in [0.25, 0.3) is 0 Å². The molecule has 2 rings (SSSR count). The number of hydrogen-bond acceptors (Lipinski definition) is 5. The molecule has 0 saturated carbocycles. The predicted molar refractivity (Wildman–Crippen MR) is 76.1 cm³/mol. The Morgan fingerprint density at radius 1 is 1.47 bits per heavy atom. The van der Waals surface area contributed by atoms with Crippen molar-refractivity contribution in [1.82, 2.24) is 25.4 Å². The Balaban J connectivity index is 2.29. The lowest BCUT2D eigenvalue weighted by molar-refractivity contribution is 0.514. The normalized spacial score (nSPS) is 12.6. The molecule has 2 heterocycles. The third-order valence-electron chi connectivity index (χ3n) is 3.06. The van der Waals surface area contributed by atoms with E-state index < -0.39 is 0 Å². The minimum atomic E-state index is -0.0202. The van der Waals surface area contributed by atoms with Crippen molar-refractivity contribution in [2.24, 2.45) is 5.84 Å². The Labute approximate surface area is 120 Å². The molecule has 0 amide bonds. The quantitative estimate of drug-likeness (QED) is 0.643. The van der Waals surface area contributed by atoms with Gasteiger partial charge in [-0.1, -0.05) is 0 Å². The molecular weight excluding hydrogens is 308 g/mol. The second kappa shape index (κ2) is 6.23. The minimum Gasteiger partial charge on any atom is -0.271 e. The lowest BCUT2D eigenvalue weighted by Crippen LogP contribution is -2.30. The van der Waals surface area contributed by atoms with Gasteiger partial charge in [0.15, 0.2) is 0 Å². The Kier molecular flexibility index (Phi) is 4.62. The van der Waals surface area contributed by atoms with E-state index in [1.165, 1.54) is 0 Å². The van der Waals surface area contributed by atoms with Crippen molar-refractivity contribution in [2.75, 3.05) is 0 Å². The van der Waals surface area contributed by atoms with Crippen LogP contribution in [0, 0.1) is 6.92 Å². The van der Waals surface area contributed by atoms with Crippen molar-refractivity contribution in [3.8, 4) is 0 Å². The molecule has 0 spiro atoms. The number of nitrogens with zero attached hydrogens (tertiary/aromatic N) is 4. The highest BCUT2D eigenvalue weighted by atomic mass is 79.9. The Morgan fingerprint density at radius 3 is 2.84 bits per heavy atom. The Morgan fingerprint density at radius 2 is 2.26 bits per heavy atom. The van der Waals surface area contributed by atoms with Crippen LogP contribution in [-0.2, 0) is 13.0 Å². The Bertz CT molecular complexity index is 539. The van der Waals surface area contributed by atoms with Crippen LogP contribution in [0.1, 0.15) is 29.9 Å². The molecule has 3 N–H and O–H groups in total. The Hall–Kier alpha value is -1.31. The number of halogens is 1. The van der Waals surface area contributed by atoms with E-state index in [1.807, 2.05) is 17.7 Å². The fraction of sp³-hybridized carbons (Fsp3) is 0.417. The van der Waals surface area contributed by atoms with E-state index in [-0.39, 0.29) is 6.04 Å². The van der Waals surface area contributed by atoms with Gasteiger partial charge in [0.1, 0.15) is 0 Å². The molecule has 0 aliphatic heterocycles. The van der Waals surface area contributed by atoms with Gasteiger partial charge < -0.3 is 0 Å². The lowest BCUT2D eigenvalue weighted by Gasteiger charge is -2.16. The number of rotatable bonds is 5. The monoisotopic (exact) mass is 324 g/mol. The summed E-state index contributed by atoms with van der Waals surface area (Å²) in [5.41, 5.74) is 5.94. The molecule has 1 atom stereocenters. The van der Waals surface area contributed by atoms with Crippen LogP contribution in [0.25, 0.3) is 0 Å². The zero-order valence-electron chi connectivity index (χ0n) is 11.0. The summed E-state index contributed by atoms with van der Waals surface area (Å²) in [5, 5.41) is 12.1. The molecule has 0 saturated heterocycles. The summed E-state index contributed by atoms with van der Waals surface area (Å²) in [6, 6.07) is 1.89. The molecule has 0 aromatic carbocycles. The molecule has 102 valence electrons. The van der Waals surface area contributed by atoms with Crippen molar-refractivity contribution < 1.29 is 0 Å². The second-order valence-corrected chi connectivity index (χ2v) is 5.05. The van der Waals surface area contributed by atoms with Gasteiger partial charge in [-0.25, -0.2) is 0 Å². The summed E-state index contributed by atoms with van der Waals surface area (Å²) in [5.74, 6) is 5.66. The lowest BCUT2D eigenvalue weighted by atomic mass is 10.0. The fourth-order valence-electron chi connectivity index (χ4n) is 2.04. The maximum atomic E-state index is 5.66. The fourth-order valence-corrected chi connectivity index (χ4v) is 2.48. The molecule has 19 heavy (non-hydrogen) atoms. The molecule has 6 nitrogen and oxygen atoms in total. The summed E-state index contributed by atoms with van der Waals surface area (Å²) in [4.78, 5) is 0. The minimum absolute atomic E-state index is 0.0202. The van der Waals surface area contributed by atoms with Gasteiger partial charge >= 0.3 is 0 Å². The van der Waals surface area contributed by atoms with E-state index >= 15 is 0 Å². The highest BCUT2D eigenvalue weighted by Gasteiger charge is 2.18. The standard InChI is InChI=1S/C12H17BrN6/c1-3-19-11(12(13)8(2)18-19)6-10(17-14)9-4-5-15-16-7-9/h4-5,7,10,17H,3,6,14H2,1-2H3. The maximum Gasteiger partial charge on any atom is 0.0738 e. The average molecular weight is 325 g/mol. The largest absolute Gasteiger partial charge is 0.271 e. The van der Waals surface area contributed by atoms with Gasteiger partial charge in [0.05, 0.1) is 28.1 Å². The molecule has 2 aromatic heterocycles. The van der Waals surface area contributed by atoms with E-state index in [2.05, 4.69) is 43.6 Å². The highest BCUT2D eigenvalue weighted by molar-refractivity contribution is 9.10. The van der Waals surface area contributed by atoms with Crippen LogP contribution in [-0.4, -0.2) is 20.0 Å².